The molecule has 3 N–H and O–H groups in total. The Balaban J connectivity index is 1.75. The van der Waals surface area contributed by atoms with E-state index in [2.05, 4.69) is 28.2 Å². The first-order valence-corrected chi connectivity index (χ1v) is 7.40. The topological polar surface area (TPSA) is 54.2 Å². The van der Waals surface area contributed by atoms with E-state index in [0.717, 1.165) is 35.5 Å². The van der Waals surface area contributed by atoms with Crippen LogP contribution in [0.3, 0.4) is 0 Å². The molecule has 1 unspecified atom stereocenters. The molecule has 0 amide bonds. The van der Waals surface area contributed by atoms with Crippen LogP contribution >= 0.6 is 0 Å². The van der Waals surface area contributed by atoms with Crippen LogP contribution in [0.25, 0.3) is 10.9 Å². The number of anilines is 2. The third kappa shape index (κ3) is 2.85. The van der Waals surface area contributed by atoms with E-state index in [9.17, 15) is 0 Å². The number of rotatable bonds is 3. The van der Waals surface area contributed by atoms with E-state index in [-0.39, 0.29) is 0 Å². The van der Waals surface area contributed by atoms with Crippen LogP contribution in [-0.2, 0) is 0 Å². The van der Waals surface area contributed by atoms with Gasteiger partial charge >= 0.3 is 0 Å². The number of hydrogen-bond donors (Lipinski definition) is 2. The molecule has 1 atom stereocenters. The molecule has 0 spiro atoms. The number of aromatic nitrogens is 1. The molecular weight excluding hydrogens is 248 g/mol. The Bertz CT molecular complexity index is 596. The van der Waals surface area contributed by atoms with Gasteiger partial charge in [-0.1, -0.05) is 6.92 Å². The summed E-state index contributed by atoms with van der Waals surface area (Å²) in [6.45, 7) is 5.68. The van der Waals surface area contributed by atoms with E-state index < -0.39 is 0 Å². The highest BCUT2D eigenvalue weighted by Crippen LogP contribution is 2.20. The average molecular weight is 270 g/mol. The van der Waals surface area contributed by atoms with E-state index in [4.69, 9.17) is 5.73 Å². The van der Waals surface area contributed by atoms with Crippen LogP contribution in [0.1, 0.15) is 19.8 Å². The standard InChI is InChI=1S/C16H22N4/c1-2-20-9-3-4-14(11-20)18-16-8-5-12-10-13(17)6-7-15(12)19-16/h5-8,10,14H,2-4,9,11,17H2,1H3,(H,18,19). The summed E-state index contributed by atoms with van der Waals surface area (Å²) < 4.78 is 0. The molecule has 2 aromatic rings. The van der Waals surface area contributed by atoms with Crippen LogP contribution in [0.4, 0.5) is 11.5 Å². The van der Waals surface area contributed by atoms with E-state index >= 15 is 0 Å². The van der Waals surface area contributed by atoms with Gasteiger partial charge in [0.05, 0.1) is 5.52 Å². The van der Waals surface area contributed by atoms with Crippen molar-refractivity contribution in [3.8, 4) is 0 Å². The molecule has 3 rings (SSSR count). The van der Waals surface area contributed by atoms with Gasteiger partial charge in [0.15, 0.2) is 0 Å². The Hall–Kier alpha value is -1.81. The highest BCUT2D eigenvalue weighted by molar-refractivity contribution is 5.83. The zero-order chi connectivity index (χ0) is 13.9. The van der Waals surface area contributed by atoms with Gasteiger partial charge in [-0.25, -0.2) is 4.98 Å². The summed E-state index contributed by atoms with van der Waals surface area (Å²) in [5, 5.41) is 4.66. The second kappa shape index (κ2) is 5.67. The van der Waals surface area contributed by atoms with Crippen LogP contribution in [0.2, 0.25) is 0 Å². The molecule has 0 bridgehead atoms. The number of nitrogen functional groups attached to an aromatic ring is 1. The van der Waals surface area contributed by atoms with Crippen molar-refractivity contribution in [1.29, 1.82) is 0 Å². The molecule has 2 heterocycles. The predicted molar refractivity (Wildman–Crippen MR) is 84.9 cm³/mol. The second-order valence-electron chi connectivity index (χ2n) is 5.53. The molecule has 106 valence electrons. The lowest BCUT2D eigenvalue weighted by Crippen LogP contribution is -2.41. The number of piperidine rings is 1. The van der Waals surface area contributed by atoms with Gasteiger partial charge in [0.2, 0.25) is 0 Å². The van der Waals surface area contributed by atoms with Crippen LogP contribution in [0.5, 0.6) is 0 Å². The Labute approximate surface area is 120 Å². The molecule has 0 aliphatic carbocycles. The molecule has 4 nitrogen and oxygen atoms in total. The fourth-order valence-corrected chi connectivity index (χ4v) is 2.89. The van der Waals surface area contributed by atoms with Crippen LogP contribution in [0.15, 0.2) is 30.3 Å². The Morgan fingerprint density at radius 1 is 1.35 bits per heavy atom. The van der Waals surface area contributed by atoms with Crippen molar-refractivity contribution in [3.05, 3.63) is 30.3 Å². The summed E-state index contributed by atoms with van der Waals surface area (Å²) in [6, 6.07) is 10.5. The summed E-state index contributed by atoms with van der Waals surface area (Å²) in [5.41, 5.74) is 7.57. The van der Waals surface area contributed by atoms with Gasteiger partial charge in [-0.3, -0.25) is 0 Å². The first kappa shape index (κ1) is 13.2. The Morgan fingerprint density at radius 2 is 2.25 bits per heavy atom. The van der Waals surface area contributed by atoms with Crippen molar-refractivity contribution in [2.24, 2.45) is 0 Å². The zero-order valence-corrected chi connectivity index (χ0v) is 12.0. The number of fused-ring (bicyclic) bond motifs is 1. The highest BCUT2D eigenvalue weighted by Gasteiger charge is 2.18. The number of nitrogens with zero attached hydrogens (tertiary/aromatic N) is 2. The van der Waals surface area contributed by atoms with Crippen molar-refractivity contribution >= 4 is 22.4 Å². The number of likely N-dealkylation sites (tertiary alicyclic amines) is 1. The minimum Gasteiger partial charge on any atom is -0.399 e. The number of hydrogen-bond acceptors (Lipinski definition) is 4. The third-order valence-electron chi connectivity index (χ3n) is 4.02. The minimum atomic E-state index is 0.502. The molecule has 0 saturated carbocycles. The molecule has 1 saturated heterocycles. The highest BCUT2D eigenvalue weighted by atomic mass is 15.2. The van der Waals surface area contributed by atoms with Gasteiger partial charge in [0.1, 0.15) is 5.82 Å². The molecule has 20 heavy (non-hydrogen) atoms. The van der Waals surface area contributed by atoms with Crippen molar-refractivity contribution in [3.63, 3.8) is 0 Å². The number of likely N-dealkylation sites (N-methyl/N-ethyl adjacent to an activating group) is 1. The molecular formula is C16H22N4. The number of nitrogens with two attached hydrogens (primary N) is 1. The van der Waals surface area contributed by atoms with E-state index in [1.165, 1.54) is 19.4 Å². The van der Waals surface area contributed by atoms with Gasteiger partial charge in [-0.15, -0.1) is 0 Å². The summed E-state index contributed by atoms with van der Waals surface area (Å²) >= 11 is 0. The van der Waals surface area contributed by atoms with Gasteiger partial charge in [-0.05, 0) is 56.3 Å². The summed E-state index contributed by atoms with van der Waals surface area (Å²) in [6.07, 6.45) is 2.48. The normalized spacial score (nSPS) is 20.1. The van der Waals surface area contributed by atoms with E-state index in [1.54, 1.807) is 0 Å². The number of nitrogens with one attached hydrogen (secondary N) is 1. The molecule has 0 radical (unpaired) electrons. The maximum absolute atomic E-state index is 5.79. The molecule has 1 aliphatic heterocycles. The third-order valence-corrected chi connectivity index (χ3v) is 4.02. The van der Waals surface area contributed by atoms with Gasteiger partial charge < -0.3 is 16.0 Å². The monoisotopic (exact) mass is 270 g/mol. The smallest absolute Gasteiger partial charge is 0.126 e. The van der Waals surface area contributed by atoms with Crippen molar-refractivity contribution in [2.75, 3.05) is 30.7 Å². The van der Waals surface area contributed by atoms with Crippen molar-refractivity contribution in [1.82, 2.24) is 9.88 Å². The van der Waals surface area contributed by atoms with Gasteiger partial charge in [-0.2, -0.15) is 0 Å². The maximum atomic E-state index is 5.79. The van der Waals surface area contributed by atoms with Crippen LogP contribution < -0.4 is 11.1 Å². The zero-order valence-electron chi connectivity index (χ0n) is 12.0. The lowest BCUT2D eigenvalue weighted by atomic mass is 10.1. The molecule has 1 aromatic carbocycles. The summed E-state index contributed by atoms with van der Waals surface area (Å²) in [4.78, 5) is 7.17. The van der Waals surface area contributed by atoms with Crippen LogP contribution in [0, 0.1) is 0 Å². The van der Waals surface area contributed by atoms with Gasteiger partial charge in [0, 0.05) is 23.7 Å². The fraction of sp³-hybridized carbons (Fsp3) is 0.438. The number of benzene rings is 1. The summed E-state index contributed by atoms with van der Waals surface area (Å²) in [7, 11) is 0. The van der Waals surface area contributed by atoms with E-state index in [0.29, 0.717) is 6.04 Å². The second-order valence-corrected chi connectivity index (χ2v) is 5.53. The molecule has 1 aliphatic rings. The minimum absolute atomic E-state index is 0.502. The van der Waals surface area contributed by atoms with Crippen molar-refractivity contribution in [2.45, 2.75) is 25.8 Å². The number of pyridine rings is 1. The Morgan fingerprint density at radius 3 is 3.10 bits per heavy atom. The first-order valence-electron chi connectivity index (χ1n) is 7.40. The molecule has 4 heteroatoms. The SMILES string of the molecule is CCN1CCCC(Nc2ccc3cc(N)ccc3n2)C1. The van der Waals surface area contributed by atoms with E-state index in [1.807, 2.05) is 24.3 Å². The van der Waals surface area contributed by atoms with Crippen molar-refractivity contribution < 1.29 is 0 Å². The first-order chi connectivity index (χ1) is 9.74. The Kier molecular flexibility index (Phi) is 3.74. The fourth-order valence-electron chi connectivity index (χ4n) is 2.89. The van der Waals surface area contributed by atoms with Crippen LogP contribution in [-0.4, -0.2) is 35.6 Å². The maximum Gasteiger partial charge on any atom is 0.126 e. The predicted octanol–water partition coefficient (Wildman–Crippen LogP) is 2.71. The lowest BCUT2D eigenvalue weighted by molar-refractivity contribution is 0.226. The quantitative estimate of drug-likeness (QED) is 0.842. The van der Waals surface area contributed by atoms with Gasteiger partial charge in [0.25, 0.3) is 0 Å². The lowest BCUT2D eigenvalue weighted by Gasteiger charge is -2.32. The summed E-state index contributed by atoms with van der Waals surface area (Å²) in [5.74, 6) is 0.963. The largest absolute Gasteiger partial charge is 0.399 e. The molecule has 1 fully saturated rings. The average Bonchev–Trinajstić information content (AvgIpc) is 2.47. The molecule has 1 aromatic heterocycles.